The van der Waals surface area contributed by atoms with Crippen LogP contribution in [0.2, 0.25) is 0 Å². The fourth-order valence-electron chi connectivity index (χ4n) is 3.55. The van der Waals surface area contributed by atoms with Gasteiger partial charge in [-0.25, -0.2) is 17.9 Å². The highest BCUT2D eigenvalue weighted by Crippen LogP contribution is 2.23. The van der Waals surface area contributed by atoms with E-state index < -0.39 is 15.9 Å². The molecule has 7 nitrogen and oxygen atoms in total. The maximum absolute atomic E-state index is 13.4. The van der Waals surface area contributed by atoms with E-state index in [9.17, 15) is 17.6 Å². The summed E-state index contributed by atoms with van der Waals surface area (Å²) in [6.07, 6.45) is 1.89. The number of hydrogen-bond donors (Lipinski definition) is 2. The molecule has 0 aromatic heterocycles. The van der Waals surface area contributed by atoms with E-state index in [1.165, 1.54) is 37.4 Å². The molecule has 1 unspecified atom stereocenters. The van der Waals surface area contributed by atoms with Gasteiger partial charge in [-0.3, -0.25) is 9.69 Å². The van der Waals surface area contributed by atoms with E-state index in [4.69, 9.17) is 9.88 Å². The normalized spacial score (nSPS) is 17.3. The quantitative estimate of drug-likeness (QED) is 0.711. The summed E-state index contributed by atoms with van der Waals surface area (Å²) in [5.74, 6) is -0.448. The molecule has 0 radical (unpaired) electrons. The first-order valence-corrected chi connectivity index (χ1v) is 10.8. The smallest absolute Gasteiger partial charge is 0.255 e. The summed E-state index contributed by atoms with van der Waals surface area (Å²) in [6.45, 7) is 1.85. The molecule has 9 heteroatoms. The lowest BCUT2D eigenvalue weighted by Crippen LogP contribution is -2.40. The Morgan fingerprint density at radius 3 is 2.79 bits per heavy atom. The van der Waals surface area contributed by atoms with Crippen molar-refractivity contribution < 1.29 is 22.3 Å². The standard InChI is InChI=1S/C20H24FN3O4S/c1-28-19-8-7-17(29(22,26)27)11-18(19)20(25)23-12-16-6-3-9-24(16)13-14-4-2-5-15(21)10-14/h2,4-5,7-8,10-11,16H,3,6,9,12-13H2,1H3,(H,23,25)(H2,22,26,27). The molecule has 0 bridgehead atoms. The number of likely N-dealkylation sites (tertiary alicyclic amines) is 1. The minimum Gasteiger partial charge on any atom is -0.496 e. The van der Waals surface area contributed by atoms with Gasteiger partial charge in [0.25, 0.3) is 5.91 Å². The fourth-order valence-corrected chi connectivity index (χ4v) is 4.09. The van der Waals surface area contributed by atoms with Gasteiger partial charge in [0.2, 0.25) is 10.0 Å². The predicted molar refractivity (Wildman–Crippen MR) is 107 cm³/mol. The van der Waals surface area contributed by atoms with Crippen LogP contribution in [0.15, 0.2) is 47.4 Å². The molecule has 2 aromatic carbocycles. The third-order valence-electron chi connectivity index (χ3n) is 5.02. The number of sulfonamides is 1. The SMILES string of the molecule is COc1ccc(S(N)(=O)=O)cc1C(=O)NCC1CCCN1Cc1cccc(F)c1. The van der Waals surface area contributed by atoms with Gasteiger partial charge < -0.3 is 10.1 Å². The van der Waals surface area contributed by atoms with Crippen LogP contribution in [0.1, 0.15) is 28.8 Å². The third kappa shape index (κ3) is 5.31. The summed E-state index contributed by atoms with van der Waals surface area (Å²) in [5, 5.41) is 8.01. The highest BCUT2D eigenvalue weighted by molar-refractivity contribution is 7.89. The minimum absolute atomic E-state index is 0.105. The molecular formula is C20H24FN3O4S. The number of halogens is 1. The average molecular weight is 421 g/mol. The maximum Gasteiger partial charge on any atom is 0.255 e. The number of nitrogens with two attached hydrogens (primary N) is 1. The molecule has 1 aliphatic heterocycles. The largest absolute Gasteiger partial charge is 0.496 e. The number of rotatable bonds is 7. The zero-order valence-corrected chi connectivity index (χ0v) is 16.9. The van der Waals surface area contributed by atoms with Crippen LogP contribution >= 0.6 is 0 Å². The molecule has 156 valence electrons. The van der Waals surface area contributed by atoms with Crippen LogP contribution < -0.4 is 15.2 Å². The number of carbonyl (C=O) groups excluding carboxylic acids is 1. The van der Waals surface area contributed by atoms with E-state index in [0.717, 1.165) is 24.9 Å². The van der Waals surface area contributed by atoms with Crippen molar-refractivity contribution in [2.45, 2.75) is 30.3 Å². The van der Waals surface area contributed by atoms with Crippen molar-refractivity contribution in [1.29, 1.82) is 0 Å². The molecule has 1 aliphatic rings. The molecular weight excluding hydrogens is 397 g/mol. The number of amides is 1. The first-order chi connectivity index (χ1) is 13.8. The van der Waals surface area contributed by atoms with Gasteiger partial charge in [-0.1, -0.05) is 12.1 Å². The Morgan fingerprint density at radius 2 is 2.10 bits per heavy atom. The number of methoxy groups -OCH3 is 1. The van der Waals surface area contributed by atoms with E-state index in [2.05, 4.69) is 10.2 Å². The number of hydrogen-bond acceptors (Lipinski definition) is 5. The third-order valence-corrected chi connectivity index (χ3v) is 5.93. The van der Waals surface area contributed by atoms with Gasteiger partial charge in [-0.05, 0) is 55.3 Å². The van der Waals surface area contributed by atoms with Crippen molar-refractivity contribution >= 4 is 15.9 Å². The van der Waals surface area contributed by atoms with Crippen molar-refractivity contribution in [2.24, 2.45) is 5.14 Å². The van der Waals surface area contributed by atoms with Crippen LogP contribution in [0.25, 0.3) is 0 Å². The fraction of sp³-hybridized carbons (Fsp3) is 0.350. The number of primary sulfonamides is 1. The summed E-state index contributed by atoms with van der Waals surface area (Å²) in [7, 11) is -2.53. The molecule has 1 fully saturated rings. The number of carbonyl (C=O) groups is 1. The molecule has 29 heavy (non-hydrogen) atoms. The molecule has 0 spiro atoms. The summed E-state index contributed by atoms with van der Waals surface area (Å²) in [4.78, 5) is 14.7. The molecule has 3 rings (SSSR count). The van der Waals surface area contributed by atoms with E-state index in [-0.39, 0.29) is 28.1 Å². The Balaban J connectivity index is 1.68. The van der Waals surface area contributed by atoms with Gasteiger partial charge in [-0.15, -0.1) is 0 Å². The van der Waals surface area contributed by atoms with Gasteiger partial charge >= 0.3 is 0 Å². The molecule has 3 N–H and O–H groups in total. The summed E-state index contributed by atoms with van der Waals surface area (Å²) < 4.78 is 41.8. The second kappa shape index (κ2) is 8.89. The molecule has 1 atom stereocenters. The Hall–Kier alpha value is -2.49. The molecule has 1 heterocycles. The van der Waals surface area contributed by atoms with Crippen LogP contribution in [0.5, 0.6) is 5.75 Å². The van der Waals surface area contributed by atoms with Crippen molar-refractivity contribution in [2.75, 3.05) is 20.2 Å². The van der Waals surface area contributed by atoms with Crippen molar-refractivity contribution in [1.82, 2.24) is 10.2 Å². The molecule has 1 saturated heterocycles. The number of benzene rings is 2. The lowest BCUT2D eigenvalue weighted by atomic mass is 10.1. The van der Waals surface area contributed by atoms with Gasteiger partial charge in [0.05, 0.1) is 17.6 Å². The summed E-state index contributed by atoms with van der Waals surface area (Å²) in [5.41, 5.74) is 0.986. The average Bonchev–Trinajstić information content (AvgIpc) is 3.11. The summed E-state index contributed by atoms with van der Waals surface area (Å²) in [6, 6.07) is 10.5. The predicted octanol–water partition coefficient (Wildman–Crippen LogP) is 1.88. The van der Waals surface area contributed by atoms with Crippen molar-refractivity contribution in [3.63, 3.8) is 0 Å². The lowest BCUT2D eigenvalue weighted by molar-refractivity contribution is 0.0936. The van der Waals surface area contributed by atoms with E-state index in [1.54, 1.807) is 6.07 Å². The first-order valence-electron chi connectivity index (χ1n) is 9.25. The summed E-state index contributed by atoms with van der Waals surface area (Å²) >= 11 is 0. The van der Waals surface area contributed by atoms with E-state index in [1.807, 2.05) is 6.07 Å². The number of ether oxygens (including phenoxy) is 1. The van der Waals surface area contributed by atoms with Gasteiger partial charge in [-0.2, -0.15) is 0 Å². The number of nitrogens with one attached hydrogen (secondary N) is 1. The van der Waals surface area contributed by atoms with Crippen LogP contribution in [0.4, 0.5) is 4.39 Å². The second-order valence-electron chi connectivity index (χ2n) is 7.01. The molecule has 0 aliphatic carbocycles. The Labute approximate surface area is 169 Å². The van der Waals surface area contributed by atoms with Gasteiger partial charge in [0.1, 0.15) is 11.6 Å². The van der Waals surface area contributed by atoms with E-state index in [0.29, 0.717) is 13.1 Å². The lowest BCUT2D eigenvalue weighted by Gasteiger charge is -2.25. The minimum atomic E-state index is -3.94. The van der Waals surface area contributed by atoms with Crippen LogP contribution in [0, 0.1) is 5.82 Å². The topological polar surface area (TPSA) is 102 Å². The van der Waals surface area contributed by atoms with E-state index >= 15 is 0 Å². The molecule has 1 amide bonds. The van der Waals surface area contributed by atoms with Crippen molar-refractivity contribution in [3.8, 4) is 5.75 Å². The van der Waals surface area contributed by atoms with Crippen LogP contribution in [0.3, 0.4) is 0 Å². The van der Waals surface area contributed by atoms with Gasteiger partial charge in [0, 0.05) is 19.1 Å². The highest BCUT2D eigenvalue weighted by atomic mass is 32.2. The zero-order chi connectivity index (χ0) is 21.0. The number of nitrogens with zero attached hydrogens (tertiary/aromatic N) is 1. The van der Waals surface area contributed by atoms with Crippen LogP contribution in [-0.2, 0) is 16.6 Å². The monoisotopic (exact) mass is 421 g/mol. The molecule has 2 aromatic rings. The Bertz CT molecular complexity index is 997. The first kappa shape index (κ1) is 21.2. The Morgan fingerprint density at radius 1 is 1.31 bits per heavy atom. The van der Waals surface area contributed by atoms with Crippen molar-refractivity contribution in [3.05, 3.63) is 59.4 Å². The van der Waals surface area contributed by atoms with Gasteiger partial charge in [0.15, 0.2) is 0 Å². The second-order valence-corrected chi connectivity index (χ2v) is 8.57. The maximum atomic E-state index is 13.4. The highest BCUT2D eigenvalue weighted by Gasteiger charge is 2.26. The zero-order valence-electron chi connectivity index (χ0n) is 16.1. The Kier molecular flexibility index (Phi) is 6.51. The van der Waals surface area contributed by atoms with Crippen LogP contribution in [-0.4, -0.2) is 45.5 Å². The molecule has 0 saturated carbocycles.